The molecule has 0 aliphatic carbocycles. The fourth-order valence-electron chi connectivity index (χ4n) is 8.35. The highest BCUT2D eigenvalue weighted by atomic mass is 16.6. The van der Waals surface area contributed by atoms with Crippen molar-refractivity contribution in [2.24, 2.45) is 34.1 Å². The average Bonchev–Trinajstić information content (AvgIpc) is 4.11. The number of amides is 7. The van der Waals surface area contributed by atoms with Gasteiger partial charge in [-0.1, -0.05) is 0 Å². The van der Waals surface area contributed by atoms with E-state index in [1.807, 2.05) is 25.7 Å². The molecule has 0 unspecified atom stereocenters. The van der Waals surface area contributed by atoms with Crippen LogP contribution in [0.1, 0.15) is 88.7 Å². The SMILES string of the molecule is COC(=O)c1cc(NC(=O)c2nc(NC(=O)CCNC(=O)c3cc(NC(=O)c4nc(NC(=O)CCNC(=O)COCCN5CCN(CC6CCN(C(=O)OC(C)(C)C)CC6)CC5)cn4C)cn3C)cn2C)cn1C. The molecule has 0 radical (unpaired) electrons. The smallest absolute Gasteiger partial charge is 0.410 e. The molecule has 402 valence electrons. The molecule has 0 atom stereocenters. The number of methoxy groups -OCH3 is 1. The van der Waals surface area contributed by atoms with Gasteiger partial charge < -0.3 is 74.2 Å². The quantitative estimate of drug-likeness (QED) is 0.0511. The van der Waals surface area contributed by atoms with Gasteiger partial charge in [-0.05, 0) is 51.7 Å². The number of piperazine rings is 1. The molecule has 6 rings (SSSR count). The lowest BCUT2D eigenvalue weighted by atomic mass is 9.96. The number of piperidine rings is 1. The molecule has 0 saturated carbocycles. The third kappa shape index (κ3) is 16.2. The molecule has 26 heteroatoms. The minimum absolute atomic E-state index is 0.00704. The molecule has 0 aromatic carbocycles. The average molecular weight is 1030 g/mol. The Morgan fingerprint density at radius 3 is 1.68 bits per heavy atom. The van der Waals surface area contributed by atoms with E-state index in [0.29, 0.717) is 30.4 Å². The Kier molecular flexibility index (Phi) is 19.1. The van der Waals surface area contributed by atoms with Gasteiger partial charge in [-0.2, -0.15) is 0 Å². The predicted octanol–water partition coefficient (Wildman–Crippen LogP) is 1.61. The number of likely N-dealkylation sites (tertiary alicyclic amines) is 1. The van der Waals surface area contributed by atoms with Gasteiger partial charge in [0.1, 0.15) is 23.6 Å². The molecule has 4 aromatic rings. The Morgan fingerprint density at radius 1 is 0.622 bits per heavy atom. The van der Waals surface area contributed by atoms with E-state index in [9.17, 15) is 38.4 Å². The molecule has 2 aliphatic rings. The van der Waals surface area contributed by atoms with E-state index in [0.717, 1.165) is 58.7 Å². The van der Waals surface area contributed by atoms with Crippen molar-refractivity contribution in [1.29, 1.82) is 0 Å². The molecular weight excluding hydrogens is 963 g/mol. The number of nitrogens with zero attached hydrogens (tertiary/aromatic N) is 9. The van der Waals surface area contributed by atoms with Crippen LogP contribution in [0.4, 0.5) is 27.8 Å². The number of aromatic nitrogens is 6. The van der Waals surface area contributed by atoms with Crippen LogP contribution in [0.2, 0.25) is 0 Å². The summed E-state index contributed by atoms with van der Waals surface area (Å²) < 4.78 is 21.7. The van der Waals surface area contributed by atoms with Crippen molar-refractivity contribution in [1.82, 2.24) is 53.6 Å². The van der Waals surface area contributed by atoms with Gasteiger partial charge >= 0.3 is 12.1 Å². The van der Waals surface area contributed by atoms with Gasteiger partial charge in [-0.25, -0.2) is 19.6 Å². The molecule has 0 spiro atoms. The third-order valence-electron chi connectivity index (χ3n) is 12.2. The Balaban J connectivity index is 0.822. The highest BCUT2D eigenvalue weighted by Gasteiger charge is 2.29. The van der Waals surface area contributed by atoms with Crippen LogP contribution in [0.15, 0.2) is 36.9 Å². The summed E-state index contributed by atoms with van der Waals surface area (Å²) in [6.07, 6.45) is 7.54. The molecule has 6 heterocycles. The van der Waals surface area contributed by atoms with Crippen LogP contribution in [-0.4, -0.2) is 182 Å². The summed E-state index contributed by atoms with van der Waals surface area (Å²) in [5, 5.41) is 15.9. The topological polar surface area (TPSA) is 292 Å². The maximum atomic E-state index is 13.2. The number of carbonyl (C=O) groups is 8. The first-order valence-corrected chi connectivity index (χ1v) is 24.4. The van der Waals surface area contributed by atoms with Crippen molar-refractivity contribution in [3.05, 3.63) is 60.0 Å². The fraction of sp³-hybridized carbons (Fsp3) is 0.542. The molecule has 26 nitrogen and oxygen atoms in total. The van der Waals surface area contributed by atoms with Crippen LogP contribution in [0.25, 0.3) is 0 Å². The first-order valence-electron chi connectivity index (χ1n) is 24.4. The maximum absolute atomic E-state index is 13.2. The lowest BCUT2D eigenvalue weighted by Gasteiger charge is -2.39. The standard InChI is InChI=1S/C48H69N15O11/c1-48(2,3)74-47(71)63-15-11-31(12-16-63)25-62-19-17-61(18-20-62)21-22-73-30-40(66)49-13-9-38(64)53-36-28-59(6)41(55-36)44(68)51-32-23-34(57(4)26-32)43(67)50-14-10-39(65)54-37-29-60(7)42(56-37)45(69)52-33-24-35(46(70)72-8)58(5)27-33/h23-24,26-29,31H,9-22,25,30H2,1-8H3,(H,49,66)(H,50,67)(H,51,68)(H,52,69)(H,53,64)(H,54,65). The van der Waals surface area contributed by atoms with Crippen LogP contribution in [0.3, 0.4) is 0 Å². The highest BCUT2D eigenvalue weighted by Crippen LogP contribution is 2.22. The van der Waals surface area contributed by atoms with E-state index in [1.165, 1.54) is 56.1 Å². The largest absolute Gasteiger partial charge is 0.464 e. The van der Waals surface area contributed by atoms with Gasteiger partial charge in [0.15, 0.2) is 11.6 Å². The Hall–Kier alpha value is -7.58. The second-order valence-corrected chi connectivity index (χ2v) is 19.3. The van der Waals surface area contributed by atoms with Gasteiger partial charge in [-0.3, -0.25) is 33.7 Å². The Labute approximate surface area is 428 Å². The summed E-state index contributed by atoms with van der Waals surface area (Å²) in [5.41, 5.74) is 0.569. The number of ether oxygens (including phenoxy) is 3. The molecule has 2 saturated heterocycles. The number of aryl methyl sites for hydroxylation is 4. The van der Waals surface area contributed by atoms with Crippen LogP contribution < -0.4 is 31.9 Å². The number of rotatable bonds is 21. The normalized spacial score (nSPS) is 14.5. The van der Waals surface area contributed by atoms with Gasteiger partial charge in [-0.15, -0.1) is 0 Å². The minimum atomic E-state index is -0.606. The number of anilines is 4. The number of hydrogen-bond acceptors (Lipinski definition) is 15. The summed E-state index contributed by atoms with van der Waals surface area (Å²) in [6.45, 7) is 12.9. The molecular formula is C48H69N15O11. The van der Waals surface area contributed by atoms with E-state index < -0.39 is 41.1 Å². The Bertz CT molecular complexity index is 2660. The number of nitrogens with one attached hydrogen (secondary N) is 6. The van der Waals surface area contributed by atoms with Crippen molar-refractivity contribution in [2.45, 2.75) is 52.1 Å². The van der Waals surface area contributed by atoms with Crippen molar-refractivity contribution in [3.8, 4) is 0 Å². The second kappa shape index (κ2) is 25.4. The maximum Gasteiger partial charge on any atom is 0.410 e. The minimum Gasteiger partial charge on any atom is -0.464 e. The summed E-state index contributed by atoms with van der Waals surface area (Å²) in [4.78, 5) is 116. The van der Waals surface area contributed by atoms with Gasteiger partial charge in [0.25, 0.3) is 17.7 Å². The van der Waals surface area contributed by atoms with Crippen molar-refractivity contribution < 1.29 is 52.6 Å². The second-order valence-electron chi connectivity index (χ2n) is 19.3. The third-order valence-corrected chi connectivity index (χ3v) is 12.2. The lowest BCUT2D eigenvalue weighted by molar-refractivity contribution is -0.126. The van der Waals surface area contributed by atoms with E-state index in [2.05, 4.69) is 51.7 Å². The number of esters is 1. The highest BCUT2D eigenvalue weighted by molar-refractivity contribution is 6.04. The number of hydrogen-bond donors (Lipinski definition) is 6. The Morgan fingerprint density at radius 2 is 1.14 bits per heavy atom. The molecule has 2 fully saturated rings. The monoisotopic (exact) mass is 1030 g/mol. The van der Waals surface area contributed by atoms with Gasteiger partial charge in [0.2, 0.25) is 29.4 Å². The molecule has 0 bridgehead atoms. The number of imidazole rings is 2. The van der Waals surface area contributed by atoms with Crippen LogP contribution >= 0.6 is 0 Å². The number of carbonyl (C=O) groups excluding carboxylic acids is 8. The summed E-state index contributed by atoms with van der Waals surface area (Å²) in [5.74, 6) is -2.73. The van der Waals surface area contributed by atoms with Gasteiger partial charge in [0, 0.05) is 131 Å². The first-order chi connectivity index (χ1) is 35.1. The fourth-order valence-corrected chi connectivity index (χ4v) is 8.35. The first kappa shape index (κ1) is 55.7. The molecule has 74 heavy (non-hydrogen) atoms. The summed E-state index contributed by atoms with van der Waals surface area (Å²) in [7, 11) is 7.65. The summed E-state index contributed by atoms with van der Waals surface area (Å²) in [6, 6.07) is 2.91. The van der Waals surface area contributed by atoms with Crippen LogP contribution in [0.5, 0.6) is 0 Å². The summed E-state index contributed by atoms with van der Waals surface area (Å²) >= 11 is 0. The predicted molar refractivity (Wildman–Crippen MR) is 271 cm³/mol. The molecule has 7 amide bonds. The lowest BCUT2D eigenvalue weighted by Crippen LogP contribution is -2.50. The van der Waals surface area contributed by atoms with E-state index >= 15 is 0 Å². The zero-order valence-electron chi connectivity index (χ0n) is 43.4. The van der Waals surface area contributed by atoms with E-state index in [4.69, 9.17) is 14.2 Å². The van der Waals surface area contributed by atoms with E-state index in [-0.39, 0.29) is 79.2 Å². The molecule has 4 aromatic heterocycles. The van der Waals surface area contributed by atoms with E-state index in [1.54, 1.807) is 34.4 Å². The molecule has 6 N–H and O–H groups in total. The van der Waals surface area contributed by atoms with Gasteiger partial charge in [0.05, 0.1) is 25.1 Å². The van der Waals surface area contributed by atoms with Crippen LogP contribution in [0, 0.1) is 5.92 Å². The van der Waals surface area contributed by atoms with Crippen molar-refractivity contribution >= 4 is 70.5 Å². The zero-order chi connectivity index (χ0) is 53.7. The zero-order valence-corrected chi connectivity index (χ0v) is 43.4. The molecule has 2 aliphatic heterocycles. The van der Waals surface area contributed by atoms with Crippen LogP contribution in [-0.2, 0) is 56.8 Å². The van der Waals surface area contributed by atoms with Crippen molar-refractivity contribution in [2.75, 3.05) is 107 Å². The van der Waals surface area contributed by atoms with Crippen molar-refractivity contribution in [3.63, 3.8) is 0 Å².